The lowest BCUT2D eigenvalue weighted by molar-refractivity contribution is -0.274. The summed E-state index contributed by atoms with van der Waals surface area (Å²) in [4.78, 5) is 40.6. The van der Waals surface area contributed by atoms with Gasteiger partial charge in [-0.15, -0.1) is 13.2 Å². The summed E-state index contributed by atoms with van der Waals surface area (Å²) >= 11 is 6.09. The summed E-state index contributed by atoms with van der Waals surface area (Å²) < 4.78 is 70.0. The van der Waals surface area contributed by atoms with Crippen molar-refractivity contribution < 1.29 is 45.8 Å². The molecule has 300 valence electrons. The third-order valence-electron chi connectivity index (χ3n) is 9.59. The highest BCUT2D eigenvalue weighted by Gasteiger charge is 2.40. The van der Waals surface area contributed by atoms with Gasteiger partial charge in [0.05, 0.1) is 30.4 Å². The molecule has 1 heterocycles. The third-order valence-corrected chi connectivity index (χ3v) is 14.4. The SMILES string of the molecule is COC(=O)C[C@H](CC(=O)/C=C/c1c(-c2ccc(F)cc2)c(-c2ccccc2)c(C(=O)NCc2ccc(OC(F)(F)F)c(Cl)c2)n1C(C)C)O[Si](C)(C)C(C)(C)C. The van der Waals surface area contributed by atoms with E-state index in [9.17, 15) is 31.9 Å². The number of nitrogens with one attached hydrogen (secondary N) is 1. The number of hydrogen-bond donors (Lipinski definition) is 1. The lowest BCUT2D eigenvalue weighted by atomic mass is 9.94. The third kappa shape index (κ3) is 11.2. The van der Waals surface area contributed by atoms with Crippen molar-refractivity contribution in [2.24, 2.45) is 0 Å². The topological polar surface area (TPSA) is 95.9 Å². The summed E-state index contributed by atoms with van der Waals surface area (Å²) in [5.41, 5.74) is 3.41. The zero-order valence-electron chi connectivity index (χ0n) is 32.6. The molecule has 0 aliphatic rings. The van der Waals surface area contributed by atoms with Crippen LogP contribution in [0.25, 0.3) is 28.3 Å². The molecule has 1 N–H and O–H groups in total. The Morgan fingerprint density at radius 1 is 0.911 bits per heavy atom. The fraction of sp³-hybridized carbons (Fsp3) is 0.357. The zero-order chi connectivity index (χ0) is 41.6. The number of methoxy groups -OCH3 is 1. The molecule has 0 spiro atoms. The van der Waals surface area contributed by atoms with Gasteiger partial charge in [0.15, 0.2) is 14.1 Å². The van der Waals surface area contributed by atoms with Crippen molar-refractivity contribution in [3.05, 3.63) is 107 Å². The molecule has 0 saturated heterocycles. The van der Waals surface area contributed by atoms with Crippen LogP contribution in [0.2, 0.25) is 23.2 Å². The summed E-state index contributed by atoms with van der Waals surface area (Å²) in [5.74, 6) is -2.41. The van der Waals surface area contributed by atoms with Crippen LogP contribution in [0.15, 0.2) is 78.9 Å². The minimum Gasteiger partial charge on any atom is -0.469 e. The van der Waals surface area contributed by atoms with Crippen molar-refractivity contribution in [1.29, 1.82) is 0 Å². The molecule has 0 bridgehead atoms. The van der Waals surface area contributed by atoms with E-state index in [4.69, 9.17) is 20.8 Å². The van der Waals surface area contributed by atoms with Gasteiger partial charge in [-0.05, 0) is 85.1 Å². The molecule has 0 aliphatic carbocycles. The predicted octanol–water partition coefficient (Wildman–Crippen LogP) is 10.9. The van der Waals surface area contributed by atoms with Gasteiger partial charge in [-0.25, -0.2) is 4.39 Å². The van der Waals surface area contributed by atoms with Crippen molar-refractivity contribution in [1.82, 2.24) is 9.88 Å². The van der Waals surface area contributed by atoms with E-state index in [2.05, 4.69) is 30.8 Å². The van der Waals surface area contributed by atoms with Gasteiger partial charge in [-0.2, -0.15) is 0 Å². The average Bonchev–Trinajstić information content (AvgIpc) is 3.45. The van der Waals surface area contributed by atoms with Crippen LogP contribution in [0.1, 0.15) is 75.2 Å². The zero-order valence-corrected chi connectivity index (χ0v) is 34.4. The van der Waals surface area contributed by atoms with Crippen LogP contribution in [0.3, 0.4) is 0 Å². The van der Waals surface area contributed by atoms with E-state index in [1.165, 1.54) is 37.5 Å². The van der Waals surface area contributed by atoms with Crippen molar-refractivity contribution >= 4 is 43.7 Å². The number of carbonyl (C=O) groups is 3. The number of hydrogen-bond acceptors (Lipinski definition) is 6. The second-order valence-electron chi connectivity index (χ2n) is 15.1. The Morgan fingerprint density at radius 3 is 2.09 bits per heavy atom. The molecule has 14 heteroatoms. The first-order valence-electron chi connectivity index (χ1n) is 18.0. The molecule has 1 aromatic heterocycles. The molecular weight excluding hydrogens is 768 g/mol. The van der Waals surface area contributed by atoms with E-state index < -0.39 is 44.2 Å². The average molecular weight is 815 g/mol. The van der Waals surface area contributed by atoms with Crippen LogP contribution in [0, 0.1) is 5.82 Å². The molecule has 8 nitrogen and oxygen atoms in total. The van der Waals surface area contributed by atoms with E-state index in [0.717, 1.165) is 6.07 Å². The number of aromatic nitrogens is 1. The molecule has 0 fully saturated rings. The lowest BCUT2D eigenvalue weighted by Crippen LogP contribution is -2.44. The van der Waals surface area contributed by atoms with Gasteiger partial charge in [0.1, 0.15) is 17.3 Å². The first-order chi connectivity index (χ1) is 26.1. The van der Waals surface area contributed by atoms with Gasteiger partial charge in [-0.3, -0.25) is 14.4 Å². The molecule has 0 unspecified atom stereocenters. The lowest BCUT2D eigenvalue weighted by Gasteiger charge is -2.39. The van der Waals surface area contributed by atoms with Crippen molar-refractivity contribution in [2.75, 3.05) is 7.11 Å². The van der Waals surface area contributed by atoms with E-state index in [1.807, 2.05) is 57.3 Å². The Bertz CT molecular complexity index is 2060. The Hall–Kier alpha value is -4.72. The van der Waals surface area contributed by atoms with Gasteiger partial charge in [0.2, 0.25) is 0 Å². The highest BCUT2D eigenvalue weighted by molar-refractivity contribution is 6.74. The largest absolute Gasteiger partial charge is 0.573 e. The number of halogens is 5. The summed E-state index contributed by atoms with van der Waals surface area (Å²) in [7, 11) is -1.13. The molecule has 1 amide bonds. The van der Waals surface area contributed by atoms with Crippen LogP contribution < -0.4 is 10.1 Å². The van der Waals surface area contributed by atoms with Gasteiger partial charge in [0, 0.05) is 30.1 Å². The second-order valence-corrected chi connectivity index (χ2v) is 20.3. The number of allylic oxidation sites excluding steroid dienone is 1. The fourth-order valence-corrected chi connectivity index (χ4v) is 7.53. The molecular formula is C42H47ClF4N2O6Si. The number of amides is 1. The normalized spacial score (nSPS) is 12.9. The Kier molecular flexibility index (Phi) is 14.2. The number of benzene rings is 3. The number of ketones is 1. The predicted molar refractivity (Wildman–Crippen MR) is 212 cm³/mol. The Balaban J connectivity index is 1.84. The Labute approximate surface area is 330 Å². The monoisotopic (exact) mass is 814 g/mol. The summed E-state index contributed by atoms with van der Waals surface area (Å²) in [6, 6.07) is 18.3. The van der Waals surface area contributed by atoms with Crippen LogP contribution in [0.4, 0.5) is 17.6 Å². The standard InChI is InChI=1S/C42H47ClF4N2O6Si/c1-26(2)49-34(20-19-31(50)23-32(24-36(51)53-6)55-56(7,8)41(3,4)5)37(29-15-17-30(44)18-16-29)38(28-12-10-9-11-13-28)39(49)40(52)48-25-27-14-21-35(33(43)22-27)54-42(45,46)47/h9-22,26,32H,23-25H2,1-8H3,(H,48,52)/b20-19+/t32-/m0/s1. The van der Waals surface area contributed by atoms with E-state index in [1.54, 1.807) is 22.8 Å². The maximum absolute atomic E-state index is 14.4. The maximum Gasteiger partial charge on any atom is 0.573 e. The number of alkyl halides is 3. The van der Waals surface area contributed by atoms with E-state index in [-0.39, 0.29) is 47.0 Å². The summed E-state index contributed by atoms with van der Waals surface area (Å²) in [5, 5.41) is 2.40. The molecule has 56 heavy (non-hydrogen) atoms. The number of ether oxygens (including phenoxy) is 2. The maximum atomic E-state index is 14.4. The minimum atomic E-state index is -4.93. The van der Waals surface area contributed by atoms with Crippen LogP contribution in [-0.4, -0.2) is 50.1 Å². The van der Waals surface area contributed by atoms with Gasteiger partial charge in [0.25, 0.3) is 5.91 Å². The molecule has 0 saturated carbocycles. The fourth-order valence-electron chi connectivity index (χ4n) is 5.94. The van der Waals surface area contributed by atoms with Crippen LogP contribution in [-0.2, 0) is 25.3 Å². The molecule has 1 atom stereocenters. The number of rotatable bonds is 15. The van der Waals surface area contributed by atoms with Gasteiger partial charge in [-0.1, -0.05) is 80.9 Å². The van der Waals surface area contributed by atoms with E-state index >= 15 is 0 Å². The van der Waals surface area contributed by atoms with Crippen LogP contribution >= 0.6 is 11.6 Å². The molecule has 0 radical (unpaired) electrons. The molecule has 4 aromatic rings. The molecule has 0 aliphatic heterocycles. The highest BCUT2D eigenvalue weighted by Crippen LogP contribution is 2.43. The summed E-state index contributed by atoms with van der Waals surface area (Å²) in [6.45, 7) is 13.9. The van der Waals surface area contributed by atoms with Gasteiger partial charge < -0.3 is 23.8 Å². The first-order valence-corrected chi connectivity index (χ1v) is 21.3. The molecule has 4 rings (SSSR count). The number of nitrogens with zero attached hydrogens (tertiary/aromatic N) is 1. The van der Waals surface area contributed by atoms with Crippen LogP contribution in [0.5, 0.6) is 5.75 Å². The Morgan fingerprint density at radius 2 is 1.54 bits per heavy atom. The molecule has 3 aromatic carbocycles. The number of esters is 1. The number of carbonyl (C=O) groups excluding carboxylic acids is 3. The summed E-state index contributed by atoms with van der Waals surface area (Å²) in [6.07, 6.45) is -2.89. The van der Waals surface area contributed by atoms with E-state index in [0.29, 0.717) is 33.5 Å². The van der Waals surface area contributed by atoms with Gasteiger partial charge >= 0.3 is 12.3 Å². The smallest absolute Gasteiger partial charge is 0.469 e. The quantitative estimate of drug-likeness (QED) is 0.0556. The minimum absolute atomic E-state index is 0.103. The van der Waals surface area contributed by atoms with Crippen molar-refractivity contribution in [2.45, 2.75) is 90.6 Å². The van der Waals surface area contributed by atoms with Crippen molar-refractivity contribution in [3.8, 4) is 28.0 Å². The van der Waals surface area contributed by atoms with Crippen molar-refractivity contribution in [3.63, 3.8) is 0 Å². The second kappa shape index (κ2) is 18.0. The first kappa shape index (κ1) is 44.0. The highest BCUT2D eigenvalue weighted by atomic mass is 35.5.